The summed E-state index contributed by atoms with van der Waals surface area (Å²) in [6.07, 6.45) is 1.45. The molecule has 0 saturated carbocycles. The molecule has 1 amide bonds. The van der Waals surface area contributed by atoms with E-state index < -0.39 is 5.54 Å². The van der Waals surface area contributed by atoms with Gasteiger partial charge in [-0.25, -0.2) is 0 Å². The molecule has 1 aliphatic heterocycles. The number of hydrogen-bond donors (Lipinski definition) is 2. The molecular formula is C10H15N5OS2. The van der Waals surface area contributed by atoms with Crippen LogP contribution in [0.15, 0.2) is 5.38 Å². The number of rotatable bonds is 3. The van der Waals surface area contributed by atoms with Crippen molar-refractivity contribution in [2.45, 2.75) is 18.4 Å². The number of thiocarbonyl (C=S) groups is 1. The van der Waals surface area contributed by atoms with Crippen LogP contribution in [0.25, 0.3) is 0 Å². The Morgan fingerprint density at radius 1 is 1.61 bits per heavy atom. The average molecular weight is 285 g/mol. The van der Waals surface area contributed by atoms with Gasteiger partial charge in [-0.05, 0) is 31.4 Å². The zero-order valence-electron chi connectivity index (χ0n) is 10.0. The predicted octanol–water partition coefficient (Wildman–Crippen LogP) is 0.0184. The van der Waals surface area contributed by atoms with Gasteiger partial charge in [0.2, 0.25) is 0 Å². The molecule has 0 spiro atoms. The van der Waals surface area contributed by atoms with Crippen molar-refractivity contribution in [3.63, 3.8) is 0 Å². The number of hydrogen-bond acceptors (Lipinski definition) is 6. The summed E-state index contributed by atoms with van der Waals surface area (Å²) in [5, 5.41) is 8.28. The lowest BCUT2D eigenvalue weighted by Gasteiger charge is -2.40. The Morgan fingerprint density at radius 3 is 2.78 bits per heavy atom. The molecule has 6 nitrogen and oxygen atoms in total. The molecular weight excluding hydrogens is 270 g/mol. The zero-order chi connectivity index (χ0) is 13.2. The molecule has 8 heteroatoms. The fourth-order valence-electron chi connectivity index (χ4n) is 1.98. The molecule has 2 rings (SSSR count). The number of likely N-dealkylation sites (tertiary alicyclic amines) is 1. The summed E-state index contributed by atoms with van der Waals surface area (Å²) in [4.78, 5) is 14.6. The van der Waals surface area contributed by atoms with Crippen LogP contribution in [0, 0.1) is 0 Å². The molecule has 1 aromatic rings. The third kappa shape index (κ3) is 2.65. The molecule has 0 unspecified atom stereocenters. The normalized spacial score (nSPS) is 19.4. The first-order chi connectivity index (χ1) is 8.53. The molecule has 1 fully saturated rings. The Hall–Kier alpha value is -1.12. The van der Waals surface area contributed by atoms with E-state index in [-0.39, 0.29) is 5.91 Å². The maximum absolute atomic E-state index is 12.0. The van der Waals surface area contributed by atoms with Crippen molar-refractivity contribution in [1.82, 2.24) is 19.8 Å². The van der Waals surface area contributed by atoms with E-state index in [1.54, 1.807) is 5.38 Å². The molecule has 2 heterocycles. The highest BCUT2D eigenvalue weighted by Gasteiger charge is 2.38. The average Bonchev–Trinajstić information content (AvgIpc) is 2.85. The second-order valence-electron chi connectivity index (χ2n) is 4.49. The van der Waals surface area contributed by atoms with Crippen LogP contribution in [0.3, 0.4) is 0 Å². The van der Waals surface area contributed by atoms with Gasteiger partial charge in [0.15, 0.2) is 5.69 Å². The van der Waals surface area contributed by atoms with Crippen molar-refractivity contribution in [2.75, 3.05) is 20.1 Å². The molecule has 18 heavy (non-hydrogen) atoms. The molecule has 0 aliphatic carbocycles. The number of nitrogens with two attached hydrogens (primary N) is 1. The van der Waals surface area contributed by atoms with Crippen molar-refractivity contribution < 1.29 is 4.79 Å². The summed E-state index contributed by atoms with van der Waals surface area (Å²) in [6.45, 7) is 1.71. The summed E-state index contributed by atoms with van der Waals surface area (Å²) in [5.74, 6) is -0.263. The number of carbonyl (C=O) groups is 1. The molecule has 0 aromatic carbocycles. The lowest BCUT2D eigenvalue weighted by atomic mass is 9.87. The van der Waals surface area contributed by atoms with Crippen LogP contribution in [0.4, 0.5) is 0 Å². The smallest absolute Gasteiger partial charge is 0.273 e. The molecule has 0 bridgehead atoms. The molecule has 1 aromatic heterocycles. The second kappa shape index (κ2) is 5.25. The van der Waals surface area contributed by atoms with Gasteiger partial charge in [0.05, 0.1) is 10.5 Å². The van der Waals surface area contributed by atoms with Gasteiger partial charge >= 0.3 is 0 Å². The first kappa shape index (κ1) is 13.3. The van der Waals surface area contributed by atoms with Crippen molar-refractivity contribution in [3.8, 4) is 0 Å². The minimum atomic E-state index is -0.595. The molecule has 1 aliphatic rings. The van der Waals surface area contributed by atoms with Gasteiger partial charge in [-0.3, -0.25) is 4.79 Å². The van der Waals surface area contributed by atoms with Crippen LogP contribution in [0.2, 0.25) is 0 Å². The van der Waals surface area contributed by atoms with Crippen LogP contribution >= 0.6 is 23.8 Å². The summed E-state index contributed by atoms with van der Waals surface area (Å²) in [5.41, 5.74) is 5.53. The van der Waals surface area contributed by atoms with Gasteiger partial charge in [-0.15, -0.1) is 5.10 Å². The summed E-state index contributed by atoms with van der Waals surface area (Å²) in [7, 11) is 2.04. The number of piperidine rings is 1. The van der Waals surface area contributed by atoms with Crippen LogP contribution in [-0.4, -0.2) is 51.1 Å². The van der Waals surface area contributed by atoms with Crippen molar-refractivity contribution in [1.29, 1.82) is 0 Å². The van der Waals surface area contributed by atoms with Crippen LogP contribution in [0.1, 0.15) is 23.3 Å². The van der Waals surface area contributed by atoms with Gasteiger partial charge in [0.1, 0.15) is 0 Å². The predicted molar refractivity (Wildman–Crippen MR) is 73.6 cm³/mol. The van der Waals surface area contributed by atoms with E-state index >= 15 is 0 Å². The van der Waals surface area contributed by atoms with Crippen molar-refractivity contribution >= 4 is 34.6 Å². The Bertz CT molecular complexity index is 439. The maximum atomic E-state index is 12.0. The summed E-state index contributed by atoms with van der Waals surface area (Å²) in [6, 6.07) is 0. The lowest BCUT2D eigenvalue weighted by molar-refractivity contribution is 0.0885. The highest BCUT2D eigenvalue weighted by molar-refractivity contribution is 7.80. The van der Waals surface area contributed by atoms with Gasteiger partial charge < -0.3 is 16.0 Å². The van der Waals surface area contributed by atoms with E-state index in [0.717, 1.165) is 37.5 Å². The van der Waals surface area contributed by atoms with Crippen LogP contribution in [0.5, 0.6) is 0 Å². The number of nitrogens with one attached hydrogen (secondary N) is 1. The zero-order valence-corrected chi connectivity index (χ0v) is 11.7. The SMILES string of the molecule is CN1CCC(NC(=O)c2csnn2)(C(N)=S)CC1. The highest BCUT2D eigenvalue weighted by Crippen LogP contribution is 2.22. The van der Waals surface area contributed by atoms with Gasteiger partial charge in [0, 0.05) is 18.5 Å². The van der Waals surface area contributed by atoms with E-state index in [0.29, 0.717) is 10.7 Å². The minimum absolute atomic E-state index is 0.263. The Balaban J connectivity index is 2.12. The first-order valence-corrected chi connectivity index (χ1v) is 6.86. The van der Waals surface area contributed by atoms with E-state index in [1.165, 1.54) is 0 Å². The van der Waals surface area contributed by atoms with Crippen LogP contribution < -0.4 is 11.1 Å². The third-order valence-electron chi connectivity index (χ3n) is 3.26. The minimum Gasteiger partial charge on any atom is -0.391 e. The van der Waals surface area contributed by atoms with Crippen LogP contribution in [-0.2, 0) is 0 Å². The number of aromatic nitrogens is 2. The Kier molecular flexibility index (Phi) is 3.88. The van der Waals surface area contributed by atoms with Gasteiger partial charge in [0.25, 0.3) is 5.91 Å². The van der Waals surface area contributed by atoms with E-state index in [2.05, 4.69) is 19.8 Å². The number of carbonyl (C=O) groups excluding carboxylic acids is 1. The summed E-state index contributed by atoms with van der Waals surface area (Å²) >= 11 is 6.27. The third-order valence-corrected chi connectivity index (χ3v) is 4.15. The quantitative estimate of drug-likeness (QED) is 0.762. The molecule has 1 saturated heterocycles. The monoisotopic (exact) mass is 285 g/mol. The topological polar surface area (TPSA) is 84.1 Å². The van der Waals surface area contributed by atoms with E-state index in [4.69, 9.17) is 18.0 Å². The van der Waals surface area contributed by atoms with E-state index in [9.17, 15) is 4.79 Å². The van der Waals surface area contributed by atoms with E-state index in [1.807, 2.05) is 7.05 Å². The summed E-state index contributed by atoms with van der Waals surface area (Å²) < 4.78 is 3.67. The first-order valence-electron chi connectivity index (χ1n) is 5.61. The molecule has 3 N–H and O–H groups in total. The molecule has 98 valence electrons. The van der Waals surface area contributed by atoms with Gasteiger partial charge in [-0.2, -0.15) is 0 Å². The second-order valence-corrected chi connectivity index (χ2v) is 5.54. The lowest BCUT2D eigenvalue weighted by Crippen LogP contribution is -2.61. The Morgan fingerprint density at radius 2 is 2.28 bits per heavy atom. The van der Waals surface area contributed by atoms with Gasteiger partial charge in [-0.1, -0.05) is 16.7 Å². The fraction of sp³-hybridized carbons (Fsp3) is 0.600. The maximum Gasteiger partial charge on any atom is 0.273 e. The number of nitrogens with zero attached hydrogens (tertiary/aromatic N) is 3. The largest absolute Gasteiger partial charge is 0.391 e. The van der Waals surface area contributed by atoms with Crippen molar-refractivity contribution in [2.24, 2.45) is 5.73 Å². The number of amides is 1. The molecule has 0 atom stereocenters. The fourth-order valence-corrected chi connectivity index (χ4v) is 2.67. The Labute approximate surface area is 115 Å². The van der Waals surface area contributed by atoms with Crippen molar-refractivity contribution in [3.05, 3.63) is 11.1 Å². The standard InChI is InChI=1S/C10H15N5OS2/c1-15-4-2-10(3-5-15,9(11)17)12-8(16)7-6-18-14-13-7/h6H,2-5H2,1H3,(H2,11,17)(H,12,16). The highest BCUT2D eigenvalue weighted by atomic mass is 32.1. The molecule has 0 radical (unpaired) electrons.